The summed E-state index contributed by atoms with van der Waals surface area (Å²) in [5, 5.41) is 2.71. The van der Waals surface area contributed by atoms with Crippen molar-refractivity contribution in [3.8, 4) is 11.1 Å². The fourth-order valence-corrected chi connectivity index (χ4v) is 4.89. The fraction of sp³-hybridized carbons (Fsp3) is 0.190. The molecular formula is C21H20N4O3S2. The SMILES string of the molecule is Cc1ccc(CN(C)C(=O)CSc2nc3scc(-c4ccccc4)c3c(=O)n2N)o1. The molecule has 0 aliphatic carbocycles. The van der Waals surface area contributed by atoms with Gasteiger partial charge < -0.3 is 15.2 Å². The molecule has 0 spiro atoms. The van der Waals surface area contributed by atoms with Crippen LogP contribution in [0.2, 0.25) is 0 Å². The molecule has 0 fully saturated rings. The highest BCUT2D eigenvalue weighted by Gasteiger charge is 2.18. The molecule has 1 aromatic carbocycles. The summed E-state index contributed by atoms with van der Waals surface area (Å²) in [6.45, 7) is 2.23. The van der Waals surface area contributed by atoms with Crippen LogP contribution in [0.1, 0.15) is 11.5 Å². The van der Waals surface area contributed by atoms with Crippen LogP contribution in [-0.2, 0) is 11.3 Å². The van der Waals surface area contributed by atoms with E-state index in [2.05, 4.69) is 4.98 Å². The molecule has 30 heavy (non-hydrogen) atoms. The summed E-state index contributed by atoms with van der Waals surface area (Å²) in [6, 6.07) is 13.4. The maximum absolute atomic E-state index is 12.9. The molecule has 7 nitrogen and oxygen atoms in total. The van der Waals surface area contributed by atoms with Crippen molar-refractivity contribution >= 4 is 39.2 Å². The van der Waals surface area contributed by atoms with E-state index in [1.54, 1.807) is 11.9 Å². The first-order valence-corrected chi connectivity index (χ1v) is 11.1. The molecule has 9 heteroatoms. The van der Waals surface area contributed by atoms with Gasteiger partial charge in [-0.2, -0.15) is 0 Å². The molecule has 0 unspecified atom stereocenters. The number of hydrogen-bond donors (Lipinski definition) is 1. The highest BCUT2D eigenvalue weighted by molar-refractivity contribution is 7.99. The third-order valence-electron chi connectivity index (χ3n) is 4.63. The van der Waals surface area contributed by atoms with Gasteiger partial charge in [-0.1, -0.05) is 42.1 Å². The van der Waals surface area contributed by atoms with Gasteiger partial charge in [-0.05, 0) is 24.6 Å². The number of nitrogens with zero attached hydrogens (tertiary/aromatic N) is 3. The standard InChI is InChI=1S/C21H20N4O3S2/c1-13-8-9-15(28-13)10-24(2)17(26)12-30-21-23-19-18(20(27)25(21)22)16(11-29-19)14-6-4-3-5-7-14/h3-9,11H,10,12,22H2,1-2H3. The van der Waals surface area contributed by atoms with Crippen LogP contribution in [-0.4, -0.2) is 33.3 Å². The van der Waals surface area contributed by atoms with Crippen LogP contribution in [0.15, 0.2) is 62.2 Å². The van der Waals surface area contributed by atoms with Gasteiger partial charge in [0.15, 0.2) is 5.16 Å². The summed E-state index contributed by atoms with van der Waals surface area (Å²) >= 11 is 2.53. The second kappa shape index (κ2) is 8.37. The Kier molecular flexibility index (Phi) is 5.65. The first-order chi connectivity index (χ1) is 14.4. The van der Waals surface area contributed by atoms with Crippen LogP contribution < -0.4 is 11.4 Å². The van der Waals surface area contributed by atoms with Crippen molar-refractivity contribution < 1.29 is 9.21 Å². The van der Waals surface area contributed by atoms with Crippen molar-refractivity contribution in [3.63, 3.8) is 0 Å². The van der Waals surface area contributed by atoms with E-state index in [0.29, 0.717) is 21.9 Å². The molecule has 154 valence electrons. The molecule has 3 heterocycles. The number of thiophene rings is 1. The van der Waals surface area contributed by atoms with Crippen LogP contribution in [0.25, 0.3) is 21.3 Å². The van der Waals surface area contributed by atoms with E-state index in [0.717, 1.165) is 39.1 Å². The Morgan fingerprint density at radius 3 is 2.73 bits per heavy atom. The summed E-state index contributed by atoms with van der Waals surface area (Å²) in [4.78, 5) is 32.1. The van der Waals surface area contributed by atoms with Crippen LogP contribution in [0, 0.1) is 6.92 Å². The Morgan fingerprint density at radius 1 is 1.27 bits per heavy atom. The lowest BCUT2D eigenvalue weighted by Gasteiger charge is -2.15. The maximum Gasteiger partial charge on any atom is 0.282 e. The van der Waals surface area contributed by atoms with E-state index in [1.165, 1.54) is 11.3 Å². The van der Waals surface area contributed by atoms with Crippen LogP contribution >= 0.6 is 23.1 Å². The van der Waals surface area contributed by atoms with E-state index < -0.39 is 0 Å². The van der Waals surface area contributed by atoms with Crippen molar-refractivity contribution in [1.29, 1.82) is 0 Å². The molecule has 4 aromatic rings. The second-order valence-corrected chi connectivity index (χ2v) is 8.62. The molecule has 3 aromatic heterocycles. The lowest BCUT2D eigenvalue weighted by molar-refractivity contribution is -0.127. The van der Waals surface area contributed by atoms with Gasteiger partial charge in [0.05, 0.1) is 17.7 Å². The molecule has 1 amide bonds. The molecule has 0 saturated carbocycles. The Labute approximate surface area is 181 Å². The lowest BCUT2D eigenvalue weighted by atomic mass is 10.1. The predicted octanol–water partition coefficient (Wildman–Crippen LogP) is 3.49. The number of nitrogen functional groups attached to an aromatic ring is 1. The van der Waals surface area contributed by atoms with Gasteiger partial charge in [-0.25, -0.2) is 9.66 Å². The number of furan rings is 1. The molecule has 0 aliphatic heterocycles. The number of benzene rings is 1. The highest BCUT2D eigenvalue weighted by Crippen LogP contribution is 2.31. The average Bonchev–Trinajstić information content (AvgIpc) is 3.36. The molecule has 4 rings (SSSR count). The maximum atomic E-state index is 12.9. The van der Waals surface area contributed by atoms with Crippen LogP contribution in [0.3, 0.4) is 0 Å². The number of nitrogens with two attached hydrogens (primary N) is 1. The van der Waals surface area contributed by atoms with Gasteiger partial charge in [0.2, 0.25) is 5.91 Å². The van der Waals surface area contributed by atoms with E-state index in [-0.39, 0.29) is 17.2 Å². The number of rotatable bonds is 6. The van der Waals surface area contributed by atoms with Gasteiger partial charge in [-0.15, -0.1) is 11.3 Å². The monoisotopic (exact) mass is 440 g/mol. The molecular weight excluding hydrogens is 420 g/mol. The van der Waals surface area contributed by atoms with E-state index in [1.807, 2.05) is 54.8 Å². The largest absolute Gasteiger partial charge is 0.464 e. The average molecular weight is 441 g/mol. The molecule has 0 radical (unpaired) electrons. The molecule has 0 bridgehead atoms. The van der Waals surface area contributed by atoms with Crippen molar-refractivity contribution in [2.24, 2.45) is 0 Å². The number of thioether (sulfide) groups is 1. The summed E-state index contributed by atoms with van der Waals surface area (Å²) in [5.74, 6) is 7.55. The van der Waals surface area contributed by atoms with Crippen LogP contribution in [0.4, 0.5) is 0 Å². The van der Waals surface area contributed by atoms with Gasteiger partial charge in [0.25, 0.3) is 5.56 Å². The number of amides is 1. The second-order valence-electron chi connectivity index (χ2n) is 6.82. The first-order valence-electron chi connectivity index (χ1n) is 9.21. The molecule has 0 saturated heterocycles. The van der Waals surface area contributed by atoms with E-state index in [4.69, 9.17) is 10.3 Å². The number of aromatic nitrogens is 2. The Hall–Kier alpha value is -3.04. The highest BCUT2D eigenvalue weighted by atomic mass is 32.2. The van der Waals surface area contributed by atoms with Crippen LogP contribution in [0.5, 0.6) is 0 Å². The van der Waals surface area contributed by atoms with Crippen molar-refractivity contribution in [2.45, 2.75) is 18.6 Å². The number of carbonyl (C=O) groups excluding carboxylic acids is 1. The van der Waals surface area contributed by atoms with Crippen molar-refractivity contribution in [1.82, 2.24) is 14.6 Å². The van der Waals surface area contributed by atoms with E-state index >= 15 is 0 Å². The number of fused-ring (bicyclic) bond motifs is 1. The summed E-state index contributed by atoms with van der Waals surface area (Å²) in [7, 11) is 1.71. The number of carbonyl (C=O) groups is 1. The Balaban J connectivity index is 1.53. The Morgan fingerprint density at radius 2 is 2.03 bits per heavy atom. The third-order valence-corrected chi connectivity index (χ3v) is 6.44. The normalized spacial score (nSPS) is 11.1. The third kappa shape index (κ3) is 3.99. The van der Waals surface area contributed by atoms with Gasteiger partial charge >= 0.3 is 0 Å². The summed E-state index contributed by atoms with van der Waals surface area (Å²) in [6.07, 6.45) is 0. The zero-order valence-corrected chi connectivity index (χ0v) is 18.1. The van der Waals surface area contributed by atoms with Gasteiger partial charge in [0, 0.05) is 18.0 Å². The smallest absolute Gasteiger partial charge is 0.282 e. The Bertz CT molecular complexity index is 1260. The minimum atomic E-state index is -0.325. The summed E-state index contributed by atoms with van der Waals surface area (Å²) < 4.78 is 6.53. The van der Waals surface area contributed by atoms with Gasteiger partial charge in [0.1, 0.15) is 16.4 Å². The minimum Gasteiger partial charge on any atom is -0.464 e. The molecule has 0 atom stereocenters. The lowest BCUT2D eigenvalue weighted by Crippen LogP contribution is -2.31. The fourth-order valence-electron chi connectivity index (χ4n) is 3.05. The van der Waals surface area contributed by atoms with E-state index in [9.17, 15) is 9.59 Å². The quantitative estimate of drug-likeness (QED) is 0.280. The minimum absolute atomic E-state index is 0.112. The first kappa shape index (κ1) is 20.2. The number of aryl methyl sites for hydroxylation is 1. The molecule has 0 aliphatic rings. The number of hydrogen-bond acceptors (Lipinski definition) is 7. The van der Waals surface area contributed by atoms with Gasteiger partial charge in [-0.3, -0.25) is 9.59 Å². The topological polar surface area (TPSA) is 94.4 Å². The zero-order chi connectivity index (χ0) is 21.3. The van der Waals surface area contributed by atoms with Crippen molar-refractivity contribution in [3.05, 3.63) is 69.7 Å². The zero-order valence-electron chi connectivity index (χ0n) is 16.5. The van der Waals surface area contributed by atoms with Crippen molar-refractivity contribution in [2.75, 3.05) is 18.6 Å². The molecule has 2 N–H and O–H groups in total. The summed E-state index contributed by atoms with van der Waals surface area (Å²) in [5.41, 5.74) is 1.43. The predicted molar refractivity (Wildman–Crippen MR) is 120 cm³/mol.